The molecule has 0 spiro atoms. The zero-order chi connectivity index (χ0) is 22.4. The Bertz CT molecular complexity index is 1110. The highest BCUT2D eigenvalue weighted by molar-refractivity contribution is 7.99. The van der Waals surface area contributed by atoms with Crippen LogP contribution in [0, 0.1) is 0 Å². The van der Waals surface area contributed by atoms with Gasteiger partial charge < -0.3 is 14.8 Å². The number of amides is 1. The monoisotopic (exact) mass is 461 g/mol. The summed E-state index contributed by atoms with van der Waals surface area (Å²) in [6.45, 7) is 4.53. The minimum absolute atomic E-state index is 0.0158. The van der Waals surface area contributed by atoms with Crippen molar-refractivity contribution in [2.24, 2.45) is 0 Å². The highest BCUT2D eigenvalue weighted by atomic mass is 32.2. The van der Waals surface area contributed by atoms with Gasteiger partial charge in [-0.25, -0.2) is 4.98 Å². The molecule has 1 atom stereocenters. The number of nitrogens with zero attached hydrogens (tertiary/aromatic N) is 2. The lowest BCUT2D eigenvalue weighted by Crippen LogP contribution is -2.29. The van der Waals surface area contributed by atoms with Gasteiger partial charge in [0.2, 0.25) is 5.91 Å². The molecule has 0 aliphatic rings. The molecular formula is C22H27N3O4S2. The summed E-state index contributed by atoms with van der Waals surface area (Å²) in [6.07, 6.45) is 1.48. The maximum atomic E-state index is 12.9. The number of thiophene rings is 1. The second kappa shape index (κ2) is 10.7. The highest BCUT2D eigenvalue weighted by Gasteiger charge is 2.17. The van der Waals surface area contributed by atoms with Crippen LogP contribution in [0.5, 0.6) is 11.5 Å². The molecule has 1 N–H and O–H groups in total. The fraction of sp³-hybridized carbons (Fsp3) is 0.409. The SMILES string of the molecule is CC[C@@H](C)n1c(SCC(=O)NCCc2ccc(OC)c(OC)c2)nc2ccsc2c1=O. The molecular weight excluding hydrogens is 434 g/mol. The quantitative estimate of drug-likeness (QED) is 0.364. The third-order valence-electron chi connectivity index (χ3n) is 5.03. The lowest BCUT2D eigenvalue weighted by molar-refractivity contribution is -0.118. The van der Waals surface area contributed by atoms with Crippen LogP contribution in [0.1, 0.15) is 31.9 Å². The first-order chi connectivity index (χ1) is 15.0. The lowest BCUT2D eigenvalue weighted by Gasteiger charge is -2.17. The summed E-state index contributed by atoms with van der Waals surface area (Å²) >= 11 is 2.70. The van der Waals surface area contributed by atoms with Crippen LogP contribution >= 0.6 is 23.1 Å². The molecule has 0 saturated heterocycles. The fourth-order valence-corrected chi connectivity index (χ4v) is 4.83. The van der Waals surface area contributed by atoms with Gasteiger partial charge in [-0.15, -0.1) is 11.3 Å². The number of benzene rings is 1. The van der Waals surface area contributed by atoms with Crippen LogP contribution in [0.4, 0.5) is 0 Å². The van der Waals surface area contributed by atoms with Crippen molar-refractivity contribution in [2.75, 3.05) is 26.5 Å². The molecule has 0 bridgehead atoms. The van der Waals surface area contributed by atoms with Crippen LogP contribution in [0.3, 0.4) is 0 Å². The number of nitrogens with one attached hydrogen (secondary N) is 1. The Balaban J connectivity index is 1.61. The number of carbonyl (C=O) groups is 1. The maximum Gasteiger partial charge on any atom is 0.272 e. The van der Waals surface area contributed by atoms with Crippen molar-refractivity contribution in [1.29, 1.82) is 0 Å². The topological polar surface area (TPSA) is 82.5 Å². The molecule has 2 aromatic heterocycles. The summed E-state index contributed by atoms with van der Waals surface area (Å²) in [5.41, 5.74) is 1.69. The van der Waals surface area contributed by atoms with E-state index in [0.29, 0.717) is 39.8 Å². The van der Waals surface area contributed by atoms with E-state index in [0.717, 1.165) is 12.0 Å². The number of carbonyl (C=O) groups excluding carboxylic acids is 1. The molecule has 0 fully saturated rings. The van der Waals surface area contributed by atoms with E-state index in [1.54, 1.807) is 18.8 Å². The van der Waals surface area contributed by atoms with Crippen LogP contribution in [0.25, 0.3) is 10.2 Å². The van der Waals surface area contributed by atoms with Crippen LogP contribution in [-0.2, 0) is 11.2 Å². The van der Waals surface area contributed by atoms with Gasteiger partial charge in [0.15, 0.2) is 16.7 Å². The Morgan fingerprint density at radius 1 is 1.26 bits per heavy atom. The zero-order valence-electron chi connectivity index (χ0n) is 18.1. The van der Waals surface area contributed by atoms with E-state index in [4.69, 9.17) is 9.47 Å². The molecule has 0 aliphatic carbocycles. The Morgan fingerprint density at radius 2 is 2.03 bits per heavy atom. The molecule has 1 amide bonds. The van der Waals surface area contributed by atoms with Crippen molar-refractivity contribution in [3.63, 3.8) is 0 Å². The average molecular weight is 462 g/mol. The van der Waals surface area contributed by atoms with E-state index in [2.05, 4.69) is 10.3 Å². The Kier molecular flexibility index (Phi) is 7.97. The van der Waals surface area contributed by atoms with Crippen molar-refractivity contribution < 1.29 is 14.3 Å². The van der Waals surface area contributed by atoms with Gasteiger partial charge in [-0.3, -0.25) is 14.2 Å². The molecule has 0 aliphatic heterocycles. The summed E-state index contributed by atoms with van der Waals surface area (Å²) in [4.78, 5) is 29.9. The molecule has 9 heteroatoms. The molecule has 7 nitrogen and oxygen atoms in total. The minimum atomic E-state index is -0.0964. The first-order valence-corrected chi connectivity index (χ1v) is 11.9. The molecule has 166 valence electrons. The fourth-order valence-electron chi connectivity index (χ4n) is 3.14. The first kappa shape index (κ1) is 23.1. The smallest absolute Gasteiger partial charge is 0.272 e. The normalized spacial score (nSPS) is 12.0. The van der Waals surface area contributed by atoms with Gasteiger partial charge in [0.1, 0.15) is 4.70 Å². The minimum Gasteiger partial charge on any atom is -0.493 e. The lowest BCUT2D eigenvalue weighted by atomic mass is 10.1. The van der Waals surface area contributed by atoms with Gasteiger partial charge in [0, 0.05) is 12.6 Å². The number of aromatic nitrogens is 2. The zero-order valence-corrected chi connectivity index (χ0v) is 19.8. The average Bonchev–Trinajstić information content (AvgIpc) is 3.26. The standard InChI is InChI=1S/C22H27N3O4S2/c1-5-14(2)25-21(27)20-16(9-11-30-20)24-22(25)31-13-19(26)23-10-8-15-6-7-17(28-3)18(12-15)29-4/h6-7,9,11-12,14H,5,8,10,13H2,1-4H3,(H,23,26)/t14-/m1/s1. The Morgan fingerprint density at radius 3 is 2.74 bits per heavy atom. The largest absolute Gasteiger partial charge is 0.493 e. The summed E-state index contributed by atoms with van der Waals surface area (Å²) in [7, 11) is 3.20. The van der Waals surface area contributed by atoms with Gasteiger partial charge in [0.25, 0.3) is 5.56 Å². The van der Waals surface area contributed by atoms with Crippen LogP contribution in [-0.4, -0.2) is 42.0 Å². The number of ether oxygens (including phenoxy) is 2. The van der Waals surface area contributed by atoms with E-state index < -0.39 is 0 Å². The summed E-state index contributed by atoms with van der Waals surface area (Å²) in [5, 5.41) is 5.39. The van der Waals surface area contributed by atoms with Crippen molar-refractivity contribution in [3.05, 3.63) is 45.6 Å². The Hall–Kier alpha value is -2.52. The summed E-state index contributed by atoms with van der Waals surface area (Å²) in [6, 6.07) is 7.57. The predicted molar refractivity (Wildman–Crippen MR) is 126 cm³/mol. The van der Waals surface area contributed by atoms with E-state index >= 15 is 0 Å². The van der Waals surface area contributed by atoms with Crippen LogP contribution < -0.4 is 20.3 Å². The highest BCUT2D eigenvalue weighted by Crippen LogP contribution is 2.27. The number of methoxy groups -OCH3 is 2. The van der Waals surface area contributed by atoms with Gasteiger partial charge in [0.05, 0.1) is 25.5 Å². The van der Waals surface area contributed by atoms with E-state index in [9.17, 15) is 9.59 Å². The third-order valence-corrected chi connectivity index (χ3v) is 6.87. The molecule has 0 saturated carbocycles. The number of rotatable bonds is 10. The molecule has 0 unspecified atom stereocenters. The third kappa shape index (κ3) is 5.40. The Labute approximate surface area is 189 Å². The molecule has 2 heterocycles. The first-order valence-electron chi connectivity index (χ1n) is 10.1. The number of hydrogen-bond donors (Lipinski definition) is 1. The van der Waals surface area contributed by atoms with Crippen molar-refractivity contribution in [3.8, 4) is 11.5 Å². The molecule has 0 radical (unpaired) electrons. The second-order valence-electron chi connectivity index (χ2n) is 7.04. The van der Waals surface area contributed by atoms with Gasteiger partial charge in [-0.05, 0) is 48.9 Å². The van der Waals surface area contributed by atoms with Crippen molar-refractivity contribution >= 4 is 39.2 Å². The van der Waals surface area contributed by atoms with Gasteiger partial charge in [-0.1, -0.05) is 24.8 Å². The summed E-state index contributed by atoms with van der Waals surface area (Å²) < 4.78 is 12.9. The number of hydrogen-bond acceptors (Lipinski definition) is 7. The van der Waals surface area contributed by atoms with Crippen molar-refractivity contribution in [1.82, 2.24) is 14.9 Å². The second-order valence-corrected chi connectivity index (χ2v) is 8.90. The van der Waals surface area contributed by atoms with Gasteiger partial charge >= 0.3 is 0 Å². The van der Waals surface area contributed by atoms with Crippen LogP contribution in [0.2, 0.25) is 0 Å². The summed E-state index contributed by atoms with van der Waals surface area (Å²) in [5.74, 6) is 1.44. The van der Waals surface area contributed by atoms with E-state index in [-0.39, 0.29) is 23.3 Å². The van der Waals surface area contributed by atoms with E-state index in [1.807, 2.05) is 43.5 Å². The maximum absolute atomic E-state index is 12.9. The van der Waals surface area contributed by atoms with E-state index in [1.165, 1.54) is 23.1 Å². The van der Waals surface area contributed by atoms with Crippen LogP contribution in [0.15, 0.2) is 39.6 Å². The molecule has 31 heavy (non-hydrogen) atoms. The number of thioether (sulfide) groups is 1. The molecule has 1 aromatic carbocycles. The molecule has 3 rings (SSSR count). The molecule has 3 aromatic rings. The number of fused-ring (bicyclic) bond motifs is 1. The van der Waals surface area contributed by atoms with Crippen molar-refractivity contribution in [2.45, 2.75) is 37.9 Å². The van der Waals surface area contributed by atoms with Gasteiger partial charge in [-0.2, -0.15) is 0 Å². The predicted octanol–water partition coefficient (Wildman–Crippen LogP) is 3.90.